The van der Waals surface area contributed by atoms with Crippen LogP contribution in [0, 0.1) is 11.3 Å². The van der Waals surface area contributed by atoms with Crippen molar-refractivity contribution in [3.05, 3.63) is 29.8 Å². The summed E-state index contributed by atoms with van der Waals surface area (Å²) in [6.45, 7) is 0.820. The van der Waals surface area contributed by atoms with Crippen LogP contribution in [-0.4, -0.2) is 42.9 Å². The van der Waals surface area contributed by atoms with Crippen molar-refractivity contribution in [1.82, 2.24) is 10.2 Å². The van der Waals surface area contributed by atoms with E-state index in [4.69, 9.17) is 5.26 Å². The van der Waals surface area contributed by atoms with Crippen LogP contribution >= 0.6 is 0 Å². The first-order valence-corrected chi connectivity index (χ1v) is 7.35. The maximum atomic E-state index is 11.8. The number of nitriles is 1. The SMILES string of the molecule is CN(CCC(=O)Nc1ccc(C#N)cc1)CC(=O)NC1CC1. The van der Waals surface area contributed by atoms with E-state index in [1.165, 1.54) is 0 Å². The molecule has 2 rings (SSSR count). The molecule has 1 saturated carbocycles. The summed E-state index contributed by atoms with van der Waals surface area (Å²) in [5.74, 6) is -0.100. The smallest absolute Gasteiger partial charge is 0.234 e. The summed E-state index contributed by atoms with van der Waals surface area (Å²) < 4.78 is 0. The fourth-order valence-electron chi connectivity index (χ4n) is 1.97. The first-order valence-electron chi connectivity index (χ1n) is 7.35. The van der Waals surface area contributed by atoms with Gasteiger partial charge in [-0.15, -0.1) is 0 Å². The molecule has 116 valence electrons. The lowest BCUT2D eigenvalue weighted by atomic mass is 10.2. The van der Waals surface area contributed by atoms with Crippen molar-refractivity contribution in [1.29, 1.82) is 5.26 Å². The van der Waals surface area contributed by atoms with E-state index in [0.29, 0.717) is 36.8 Å². The van der Waals surface area contributed by atoms with Gasteiger partial charge in [0, 0.05) is 24.7 Å². The Kier molecular flexibility index (Phi) is 5.50. The Labute approximate surface area is 130 Å². The molecule has 0 bridgehead atoms. The Morgan fingerprint density at radius 3 is 2.55 bits per heavy atom. The lowest BCUT2D eigenvalue weighted by Gasteiger charge is -2.15. The Balaban J connectivity index is 1.67. The molecule has 0 atom stereocenters. The molecule has 0 unspecified atom stereocenters. The van der Waals surface area contributed by atoms with E-state index in [2.05, 4.69) is 10.6 Å². The van der Waals surface area contributed by atoms with Gasteiger partial charge in [0.05, 0.1) is 18.2 Å². The van der Waals surface area contributed by atoms with E-state index < -0.39 is 0 Å². The Morgan fingerprint density at radius 2 is 1.95 bits per heavy atom. The number of rotatable bonds is 7. The first-order chi connectivity index (χ1) is 10.6. The predicted octanol–water partition coefficient (Wildman–Crippen LogP) is 1.10. The molecule has 2 amide bonds. The fraction of sp³-hybridized carbons (Fsp3) is 0.438. The van der Waals surface area contributed by atoms with Crippen LogP contribution in [0.2, 0.25) is 0 Å². The van der Waals surface area contributed by atoms with Gasteiger partial charge >= 0.3 is 0 Å². The Bertz CT molecular complexity index is 573. The monoisotopic (exact) mass is 300 g/mol. The van der Waals surface area contributed by atoms with Crippen LogP contribution in [0.5, 0.6) is 0 Å². The third-order valence-corrected chi connectivity index (χ3v) is 3.37. The summed E-state index contributed by atoms with van der Waals surface area (Å²) in [5.41, 5.74) is 1.22. The minimum atomic E-state index is -0.112. The molecule has 0 radical (unpaired) electrons. The minimum Gasteiger partial charge on any atom is -0.352 e. The fourth-order valence-corrected chi connectivity index (χ4v) is 1.97. The summed E-state index contributed by atoms with van der Waals surface area (Å²) in [6.07, 6.45) is 2.46. The van der Waals surface area contributed by atoms with Gasteiger partial charge in [-0.2, -0.15) is 5.26 Å². The number of nitrogens with zero attached hydrogens (tertiary/aromatic N) is 2. The van der Waals surface area contributed by atoms with Gasteiger partial charge in [-0.05, 0) is 44.2 Å². The highest BCUT2D eigenvalue weighted by Gasteiger charge is 2.23. The molecule has 1 aliphatic rings. The number of nitrogens with one attached hydrogen (secondary N) is 2. The average molecular weight is 300 g/mol. The van der Waals surface area contributed by atoms with Crippen molar-refractivity contribution in [2.45, 2.75) is 25.3 Å². The zero-order chi connectivity index (χ0) is 15.9. The molecule has 22 heavy (non-hydrogen) atoms. The summed E-state index contributed by atoms with van der Waals surface area (Å²) in [5, 5.41) is 14.4. The Morgan fingerprint density at radius 1 is 1.27 bits per heavy atom. The van der Waals surface area contributed by atoms with Crippen molar-refractivity contribution in [2.24, 2.45) is 0 Å². The highest BCUT2D eigenvalue weighted by atomic mass is 16.2. The molecule has 6 heteroatoms. The van der Waals surface area contributed by atoms with Gasteiger partial charge in [0.1, 0.15) is 0 Å². The maximum absolute atomic E-state index is 11.8. The van der Waals surface area contributed by atoms with Gasteiger partial charge in [-0.1, -0.05) is 0 Å². The lowest BCUT2D eigenvalue weighted by molar-refractivity contribution is -0.123. The second-order valence-corrected chi connectivity index (χ2v) is 5.57. The lowest BCUT2D eigenvalue weighted by Crippen LogP contribution is -2.37. The van der Waals surface area contributed by atoms with Crippen molar-refractivity contribution < 1.29 is 9.59 Å². The number of carbonyl (C=O) groups excluding carboxylic acids is 2. The summed E-state index contributed by atoms with van der Waals surface area (Å²) in [4.78, 5) is 25.3. The number of likely N-dealkylation sites (N-methyl/N-ethyl adjacent to an activating group) is 1. The van der Waals surface area contributed by atoms with Crippen molar-refractivity contribution >= 4 is 17.5 Å². The topological polar surface area (TPSA) is 85.2 Å². The molecular weight excluding hydrogens is 280 g/mol. The number of anilines is 1. The average Bonchev–Trinajstić information content (AvgIpc) is 3.29. The van der Waals surface area contributed by atoms with Gasteiger partial charge in [0.2, 0.25) is 11.8 Å². The number of amides is 2. The molecule has 1 aliphatic carbocycles. The van der Waals surface area contributed by atoms with Gasteiger partial charge in [0.25, 0.3) is 0 Å². The standard InChI is InChI=1S/C16H20N4O2/c1-20(11-16(22)19-14-6-7-14)9-8-15(21)18-13-4-2-12(10-17)3-5-13/h2-5,14H,6-9,11H2,1H3,(H,18,21)(H,19,22). The second-order valence-electron chi connectivity index (χ2n) is 5.57. The van der Waals surface area contributed by atoms with Crippen molar-refractivity contribution in [2.75, 3.05) is 25.5 Å². The van der Waals surface area contributed by atoms with Crippen LogP contribution in [0.4, 0.5) is 5.69 Å². The van der Waals surface area contributed by atoms with Crippen molar-refractivity contribution in [3.63, 3.8) is 0 Å². The van der Waals surface area contributed by atoms with Gasteiger partial charge in [-0.25, -0.2) is 0 Å². The summed E-state index contributed by atoms with van der Waals surface area (Å²) >= 11 is 0. The second kappa shape index (κ2) is 7.57. The molecule has 0 heterocycles. The van der Waals surface area contributed by atoms with E-state index in [-0.39, 0.29) is 11.8 Å². The molecule has 2 N–H and O–H groups in total. The first kappa shape index (κ1) is 16.0. The number of benzene rings is 1. The number of carbonyl (C=O) groups is 2. The van der Waals surface area contributed by atoms with Crippen LogP contribution < -0.4 is 10.6 Å². The highest BCUT2D eigenvalue weighted by molar-refractivity contribution is 5.90. The quantitative estimate of drug-likeness (QED) is 0.789. The molecule has 1 fully saturated rings. The van der Waals surface area contributed by atoms with Gasteiger partial charge < -0.3 is 10.6 Å². The molecule has 6 nitrogen and oxygen atoms in total. The van der Waals surface area contributed by atoms with E-state index >= 15 is 0 Å². The molecule has 0 saturated heterocycles. The summed E-state index contributed by atoms with van der Waals surface area (Å²) in [7, 11) is 1.82. The number of hydrogen-bond donors (Lipinski definition) is 2. The normalized spacial score (nSPS) is 13.5. The van der Waals surface area contributed by atoms with E-state index in [0.717, 1.165) is 12.8 Å². The predicted molar refractivity (Wildman–Crippen MR) is 83.1 cm³/mol. The van der Waals surface area contributed by atoms with Gasteiger partial charge in [0.15, 0.2) is 0 Å². The van der Waals surface area contributed by atoms with Crippen molar-refractivity contribution in [3.8, 4) is 6.07 Å². The molecule has 0 spiro atoms. The molecule has 1 aromatic rings. The van der Waals surface area contributed by atoms with Gasteiger partial charge in [-0.3, -0.25) is 14.5 Å². The number of hydrogen-bond acceptors (Lipinski definition) is 4. The summed E-state index contributed by atoms with van der Waals surface area (Å²) in [6, 6.07) is 9.10. The van der Waals surface area contributed by atoms with Crippen LogP contribution in [0.15, 0.2) is 24.3 Å². The third kappa shape index (κ3) is 5.54. The van der Waals surface area contributed by atoms with Crippen LogP contribution in [0.1, 0.15) is 24.8 Å². The largest absolute Gasteiger partial charge is 0.352 e. The Hall–Kier alpha value is -2.39. The van der Waals surface area contributed by atoms with Crippen LogP contribution in [0.25, 0.3) is 0 Å². The highest BCUT2D eigenvalue weighted by Crippen LogP contribution is 2.18. The van der Waals surface area contributed by atoms with Crippen LogP contribution in [0.3, 0.4) is 0 Å². The minimum absolute atomic E-state index is 0.0116. The van der Waals surface area contributed by atoms with E-state index in [9.17, 15) is 9.59 Å². The molecule has 0 aliphatic heterocycles. The zero-order valence-electron chi connectivity index (χ0n) is 12.6. The van der Waals surface area contributed by atoms with E-state index in [1.54, 1.807) is 24.3 Å². The molecule has 1 aromatic carbocycles. The molecule has 0 aromatic heterocycles. The third-order valence-electron chi connectivity index (χ3n) is 3.37. The molecular formula is C16H20N4O2. The van der Waals surface area contributed by atoms with E-state index in [1.807, 2.05) is 18.0 Å². The zero-order valence-corrected chi connectivity index (χ0v) is 12.6. The maximum Gasteiger partial charge on any atom is 0.234 e. The van der Waals surface area contributed by atoms with Crippen LogP contribution in [-0.2, 0) is 9.59 Å².